The standard InChI is InChI=1S/C19H32N4O2S/c1-5-6-7-10-20-18(25)16-8-11-23(12-9-16)14(3)17(24)22-19-21-13(2)15(4)26-19/h14,16H,5-12H2,1-4H3,(H,20,25)(H,21,22,24). The molecule has 1 saturated heterocycles. The molecule has 26 heavy (non-hydrogen) atoms. The molecule has 1 aliphatic rings. The van der Waals surface area contributed by atoms with Gasteiger partial charge in [-0.2, -0.15) is 0 Å². The minimum Gasteiger partial charge on any atom is -0.356 e. The molecule has 0 saturated carbocycles. The van der Waals surface area contributed by atoms with Crippen molar-refractivity contribution in [1.29, 1.82) is 0 Å². The van der Waals surface area contributed by atoms with Crippen LogP contribution in [0.4, 0.5) is 5.13 Å². The van der Waals surface area contributed by atoms with E-state index in [0.29, 0.717) is 5.13 Å². The van der Waals surface area contributed by atoms with E-state index in [1.165, 1.54) is 11.3 Å². The second-order valence-electron chi connectivity index (χ2n) is 7.13. The number of thiazole rings is 1. The van der Waals surface area contributed by atoms with E-state index in [2.05, 4.69) is 27.4 Å². The number of likely N-dealkylation sites (tertiary alicyclic amines) is 1. The van der Waals surface area contributed by atoms with Crippen LogP contribution in [0.1, 0.15) is 56.5 Å². The molecule has 0 radical (unpaired) electrons. The lowest BCUT2D eigenvalue weighted by Crippen LogP contribution is -2.48. The number of unbranched alkanes of at least 4 members (excludes halogenated alkanes) is 2. The first-order valence-corrected chi connectivity index (χ1v) is 10.5. The van der Waals surface area contributed by atoms with Crippen molar-refractivity contribution in [2.75, 3.05) is 25.0 Å². The Labute approximate surface area is 160 Å². The fourth-order valence-electron chi connectivity index (χ4n) is 3.18. The maximum Gasteiger partial charge on any atom is 0.243 e. The molecule has 1 fully saturated rings. The molecule has 0 aliphatic carbocycles. The molecular weight excluding hydrogens is 348 g/mol. The second kappa shape index (κ2) is 10.0. The van der Waals surface area contributed by atoms with E-state index in [1.807, 2.05) is 20.8 Å². The highest BCUT2D eigenvalue weighted by atomic mass is 32.1. The zero-order valence-corrected chi connectivity index (χ0v) is 17.2. The predicted molar refractivity (Wildman–Crippen MR) is 107 cm³/mol. The fourth-order valence-corrected chi connectivity index (χ4v) is 4.00. The molecule has 2 heterocycles. The number of aryl methyl sites for hydroxylation is 2. The third-order valence-corrected chi connectivity index (χ3v) is 6.15. The summed E-state index contributed by atoms with van der Waals surface area (Å²) >= 11 is 1.51. The summed E-state index contributed by atoms with van der Waals surface area (Å²) in [6, 6.07) is -0.215. The van der Waals surface area contributed by atoms with Gasteiger partial charge >= 0.3 is 0 Å². The summed E-state index contributed by atoms with van der Waals surface area (Å²) in [7, 11) is 0. The molecule has 1 unspecified atom stereocenters. The number of amides is 2. The first-order chi connectivity index (χ1) is 12.4. The Balaban J connectivity index is 1.75. The van der Waals surface area contributed by atoms with Crippen molar-refractivity contribution >= 4 is 28.3 Å². The van der Waals surface area contributed by atoms with Gasteiger partial charge in [0.25, 0.3) is 0 Å². The van der Waals surface area contributed by atoms with Crippen molar-refractivity contribution in [3.05, 3.63) is 10.6 Å². The van der Waals surface area contributed by atoms with E-state index in [-0.39, 0.29) is 23.8 Å². The molecule has 0 spiro atoms. The maximum atomic E-state index is 12.5. The number of aromatic nitrogens is 1. The summed E-state index contributed by atoms with van der Waals surface area (Å²) in [4.78, 5) is 32.4. The van der Waals surface area contributed by atoms with Gasteiger partial charge in [0.2, 0.25) is 11.8 Å². The first kappa shape index (κ1) is 20.8. The zero-order valence-electron chi connectivity index (χ0n) is 16.4. The molecule has 2 amide bonds. The fraction of sp³-hybridized carbons (Fsp3) is 0.737. The summed E-state index contributed by atoms with van der Waals surface area (Å²) in [5, 5.41) is 6.64. The predicted octanol–water partition coefficient (Wildman–Crippen LogP) is 3.11. The molecule has 1 aromatic heterocycles. The van der Waals surface area contributed by atoms with Crippen molar-refractivity contribution < 1.29 is 9.59 Å². The topological polar surface area (TPSA) is 74.3 Å². The maximum absolute atomic E-state index is 12.5. The van der Waals surface area contributed by atoms with Crippen molar-refractivity contribution in [1.82, 2.24) is 15.2 Å². The Morgan fingerprint density at radius 1 is 1.27 bits per heavy atom. The van der Waals surface area contributed by atoms with Crippen LogP contribution in [0.25, 0.3) is 0 Å². The molecule has 1 atom stereocenters. The van der Waals surface area contributed by atoms with Crippen LogP contribution in [-0.2, 0) is 9.59 Å². The second-order valence-corrected chi connectivity index (χ2v) is 8.34. The van der Waals surface area contributed by atoms with Crippen LogP contribution in [0.5, 0.6) is 0 Å². The molecule has 0 bridgehead atoms. The summed E-state index contributed by atoms with van der Waals surface area (Å²) in [6.07, 6.45) is 4.99. The van der Waals surface area contributed by atoms with Crippen molar-refractivity contribution in [3.8, 4) is 0 Å². The number of nitrogens with zero attached hydrogens (tertiary/aromatic N) is 2. The van der Waals surface area contributed by atoms with E-state index >= 15 is 0 Å². The molecule has 2 rings (SSSR count). The highest BCUT2D eigenvalue weighted by Crippen LogP contribution is 2.23. The van der Waals surface area contributed by atoms with Crippen LogP contribution in [0.3, 0.4) is 0 Å². The van der Waals surface area contributed by atoms with Gasteiger partial charge in [0.05, 0.1) is 11.7 Å². The monoisotopic (exact) mass is 380 g/mol. The number of hydrogen-bond donors (Lipinski definition) is 2. The quantitative estimate of drug-likeness (QED) is 0.680. The average molecular weight is 381 g/mol. The minimum absolute atomic E-state index is 0.0267. The Hall–Kier alpha value is -1.47. The van der Waals surface area contributed by atoms with Crippen LogP contribution in [0, 0.1) is 19.8 Å². The number of piperidine rings is 1. The van der Waals surface area contributed by atoms with Gasteiger partial charge in [-0.25, -0.2) is 4.98 Å². The number of carbonyl (C=O) groups excluding carboxylic acids is 2. The lowest BCUT2D eigenvalue weighted by Gasteiger charge is -2.34. The van der Waals surface area contributed by atoms with Crippen LogP contribution in [0.15, 0.2) is 0 Å². The third-order valence-electron chi connectivity index (χ3n) is 5.17. The minimum atomic E-state index is -0.215. The third kappa shape index (κ3) is 5.77. The van der Waals surface area contributed by atoms with Gasteiger partial charge in [-0.1, -0.05) is 19.8 Å². The summed E-state index contributed by atoms with van der Waals surface area (Å²) < 4.78 is 0. The van der Waals surface area contributed by atoms with Crippen LogP contribution >= 0.6 is 11.3 Å². The van der Waals surface area contributed by atoms with Crippen LogP contribution in [-0.4, -0.2) is 47.4 Å². The van der Waals surface area contributed by atoms with E-state index in [4.69, 9.17) is 0 Å². The van der Waals surface area contributed by atoms with Crippen molar-refractivity contribution in [2.45, 2.75) is 65.8 Å². The van der Waals surface area contributed by atoms with E-state index in [9.17, 15) is 9.59 Å². The molecule has 6 nitrogen and oxygen atoms in total. The van der Waals surface area contributed by atoms with E-state index in [1.54, 1.807) is 0 Å². The van der Waals surface area contributed by atoms with E-state index in [0.717, 1.165) is 62.3 Å². The Morgan fingerprint density at radius 3 is 2.54 bits per heavy atom. The molecular formula is C19H32N4O2S. The van der Waals surface area contributed by atoms with E-state index < -0.39 is 0 Å². The van der Waals surface area contributed by atoms with Crippen molar-refractivity contribution in [2.24, 2.45) is 5.92 Å². The molecule has 0 aromatic carbocycles. The molecule has 2 N–H and O–H groups in total. The summed E-state index contributed by atoms with van der Waals surface area (Å²) in [5.41, 5.74) is 0.962. The molecule has 1 aromatic rings. The number of hydrogen-bond acceptors (Lipinski definition) is 5. The largest absolute Gasteiger partial charge is 0.356 e. The highest BCUT2D eigenvalue weighted by molar-refractivity contribution is 7.15. The number of rotatable bonds is 8. The average Bonchev–Trinajstić information content (AvgIpc) is 2.95. The normalized spacial score (nSPS) is 17.1. The summed E-state index contributed by atoms with van der Waals surface area (Å²) in [5.74, 6) is 0.222. The van der Waals surface area contributed by atoms with Gasteiger partial charge in [0, 0.05) is 17.3 Å². The Bertz CT molecular complexity index is 589. The number of anilines is 1. The SMILES string of the molecule is CCCCCNC(=O)C1CCN(C(C)C(=O)Nc2nc(C)c(C)s2)CC1. The van der Waals surface area contributed by atoms with Gasteiger partial charge in [-0.15, -0.1) is 11.3 Å². The Kier molecular flexibility index (Phi) is 8.03. The number of nitrogens with one attached hydrogen (secondary N) is 2. The smallest absolute Gasteiger partial charge is 0.243 e. The summed E-state index contributed by atoms with van der Waals surface area (Å²) in [6.45, 7) is 10.4. The van der Waals surface area contributed by atoms with Gasteiger partial charge in [0.15, 0.2) is 5.13 Å². The molecule has 1 aliphatic heterocycles. The van der Waals surface area contributed by atoms with Crippen molar-refractivity contribution in [3.63, 3.8) is 0 Å². The highest BCUT2D eigenvalue weighted by Gasteiger charge is 2.29. The van der Waals surface area contributed by atoms with Gasteiger partial charge < -0.3 is 10.6 Å². The molecule has 146 valence electrons. The zero-order chi connectivity index (χ0) is 19.1. The van der Waals surface area contributed by atoms with Gasteiger partial charge in [-0.05, 0) is 53.1 Å². The lowest BCUT2D eigenvalue weighted by atomic mass is 9.95. The van der Waals surface area contributed by atoms with Gasteiger partial charge in [-0.3, -0.25) is 14.5 Å². The van der Waals surface area contributed by atoms with Crippen LogP contribution in [0.2, 0.25) is 0 Å². The first-order valence-electron chi connectivity index (χ1n) is 9.69. The number of carbonyl (C=O) groups is 2. The van der Waals surface area contributed by atoms with Gasteiger partial charge in [0.1, 0.15) is 0 Å². The Morgan fingerprint density at radius 2 is 1.96 bits per heavy atom. The van der Waals surface area contributed by atoms with Crippen LogP contribution < -0.4 is 10.6 Å². The lowest BCUT2D eigenvalue weighted by molar-refractivity contribution is -0.127. The molecule has 7 heteroatoms.